The van der Waals surface area contributed by atoms with E-state index in [4.69, 9.17) is 23.7 Å². The minimum Gasteiger partial charge on any atom is -0.464 e. The summed E-state index contributed by atoms with van der Waals surface area (Å²) in [5.41, 5.74) is 4.29. The van der Waals surface area contributed by atoms with Crippen LogP contribution < -0.4 is 0 Å². The summed E-state index contributed by atoms with van der Waals surface area (Å²) in [5.74, 6) is -0.198. The molecule has 8 heteroatoms. The molecule has 1 aliphatic heterocycles. The van der Waals surface area contributed by atoms with Crippen LogP contribution in [-0.2, 0) is 38.1 Å². The van der Waals surface area contributed by atoms with E-state index in [1.165, 1.54) is 56.6 Å². The van der Waals surface area contributed by atoms with Gasteiger partial charge in [-0.25, -0.2) is 14.4 Å². The standard InChI is InChI=1S/C36H46O8/c1-4-31(37)42-24-10-8-7-9-11-25-12-14-26(15-13-25)27-16-18-28(19-17-27)29-20-22-30(23-21-29)36-43-32(34(38)40-5-2)33(44-36)35(39)41-6-3/h4,16-23,25-26,32-33,36H,1,5-15,24H2,2-3H3/t25?,26?,32-,33-/m0/s1. The lowest BCUT2D eigenvalue weighted by atomic mass is 9.77. The largest absolute Gasteiger partial charge is 0.464 e. The number of benzene rings is 2. The normalized spacial score (nSPS) is 21.9. The molecular weight excluding hydrogens is 560 g/mol. The second-order valence-electron chi connectivity index (χ2n) is 11.5. The fourth-order valence-corrected chi connectivity index (χ4v) is 6.09. The number of hydrogen-bond acceptors (Lipinski definition) is 8. The predicted molar refractivity (Wildman–Crippen MR) is 167 cm³/mol. The molecule has 1 heterocycles. The van der Waals surface area contributed by atoms with Crippen molar-refractivity contribution in [3.05, 3.63) is 72.3 Å². The molecule has 2 atom stereocenters. The number of carbonyl (C=O) groups excluding carboxylic acids is 3. The second-order valence-corrected chi connectivity index (χ2v) is 11.5. The molecule has 0 amide bonds. The third kappa shape index (κ3) is 9.26. The van der Waals surface area contributed by atoms with Crippen molar-refractivity contribution in [1.29, 1.82) is 0 Å². The third-order valence-electron chi connectivity index (χ3n) is 8.52. The maximum atomic E-state index is 12.4. The molecule has 1 saturated carbocycles. The van der Waals surface area contributed by atoms with Crippen LogP contribution in [0.2, 0.25) is 0 Å². The van der Waals surface area contributed by atoms with Gasteiger partial charge in [0.05, 0.1) is 19.8 Å². The van der Waals surface area contributed by atoms with Gasteiger partial charge in [-0.2, -0.15) is 0 Å². The van der Waals surface area contributed by atoms with Gasteiger partial charge in [-0.1, -0.05) is 80.8 Å². The van der Waals surface area contributed by atoms with E-state index in [-0.39, 0.29) is 19.2 Å². The Kier molecular flexibility index (Phi) is 13.0. The molecule has 238 valence electrons. The highest BCUT2D eigenvalue weighted by Crippen LogP contribution is 2.39. The summed E-state index contributed by atoms with van der Waals surface area (Å²) < 4.78 is 26.8. The van der Waals surface area contributed by atoms with Crippen LogP contribution in [0.4, 0.5) is 0 Å². The molecule has 0 bridgehead atoms. The SMILES string of the molecule is C=CC(=O)OCCCCCCC1CCC(c2ccc(-c3ccc(C4O[C@H](C(=O)OCC)[C@@H](C(=O)OCC)O4)cc3)cc2)CC1. The Morgan fingerprint density at radius 2 is 1.25 bits per heavy atom. The van der Waals surface area contributed by atoms with Crippen LogP contribution >= 0.6 is 0 Å². The number of esters is 3. The Morgan fingerprint density at radius 3 is 1.77 bits per heavy atom. The monoisotopic (exact) mass is 606 g/mol. The Bertz CT molecular complexity index is 1190. The summed E-state index contributed by atoms with van der Waals surface area (Å²) in [6.45, 7) is 7.64. The van der Waals surface area contributed by atoms with Crippen LogP contribution in [-0.4, -0.2) is 49.9 Å². The number of unbranched alkanes of at least 4 members (excludes halogenated alkanes) is 3. The van der Waals surface area contributed by atoms with Crippen molar-refractivity contribution in [1.82, 2.24) is 0 Å². The van der Waals surface area contributed by atoms with Crippen LogP contribution in [0.15, 0.2) is 61.2 Å². The van der Waals surface area contributed by atoms with Crippen molar-refractivity contribution in [2.24, 2.45) is 5.92 Å². The molecule has 0 unspecified atom stereocenters. The molecule has 1 aliphatic carbocycles. The van der Waals surface area contributed by atoms with Gasteiger partial charge in [0.2, 0.25) is 0 Å². The van der Waals surface area contributed by atoms with Crippen molar-refractivity contribution < 1.29 is 38.1 Å². The molecule has 8 nitrogen and oxygen atoms in total. The highest BCUT2D eigenvalue weighted by Gasteiger charge is 2.47. The summed E-state index contributed by atoms with van der Waals surface area (Å²) in [6, 6.07) is 16.6. The number of carbonyl (C=O) groups is 3. The van der Waals surface area contributed by atoms with Crippen LogP contribution in [0.3, 0.4) is 0 Å². The van der Waals surface area contributed by atoms with Gasteiger partial charge in [0.1, 0.15) is 0 Å². The van der Waals surface area contributed by atoms with E-state index in [1.54, 1.807) is 13.8 Å². The van der Waals surface area contributed by atoms with E-state index < -0.39 is 30.4 Å². The summed E-state index contributed by atoms with van der Waals surface area (Å²) in [4.78, 5) is 35.9. The zero-order valence-corrected chi connectivity index (χ0v) is 26.0. The molecule has 2 aromatic rings. The second kappa shape index (κ2) is 17.1. The number of rotatable bonds is 15. The summed E-state index contributed by atoms with van der Waals surface area (Å²) in [5, 5.41) is 0. The van der Waals surface area contributed by atoms with Gasteiger partial charge < -0.3 is 23.7 Å². The van der Waals surface area contributed by atoms with Gasteiger partial charge in [-0.05, 0) is 74.5 Å². The van der Waals surface area contributed by atoms with Gasteiger partial charge in [0.25, 0.3) is 0 Å². The van der Waals surface area contributed by atoms with Gasteiger partial charge in [-0.15, -0.1) is 0 Å². The number of hydrogen-bond donors (Lipinski definition) is 0. The van der Waals surface area contributed by atoms with Crippen molar-refractivity contribution in [3.63, 3.8) is 0 Å². The molecule has 44 heavy (non-hydrogen) atoms. The molecule has 0 N–H and O–H groups in total. The van der Waals surface area contributed by atoms with Crippen molar-refractivity contribution >= 4 is 17.9 Å². The molecule has 4 rings (SSSR count). The Balaban J connectivity index is 1.23. The lowest BCUT2D eigenvalue weighted by molar-refractivity contribution is -0.163. The average Bonchev–Trinajstić information content (AvgIpc) is 3.51. The predicted octanol–water partition coefficient (Wildman–Crippen LogP) is 7.22. The molecule has 2 aromatic carbocycles. The molecule has 2 fully saturated rings. The minimum absolute atomic E-state index is 0.175. The van der Waals surface area contributed by atoms with Crippen LogP contribution in [0.25, 0.3) is 11.1 Å². The van der Waals surface area contributed by atoms with Crippen LogP contribution in [0, 0.1) is 5.92 Å². The van der Waals surface area contributed by atoms with E-state index in [0.717, 1.165) is 29.9 Å². The molecule has 0 aromatic heterocycles. The topological polar surface area (TPSA) is 97.4 Å². The molecule has 0 radical (unpaired) electrons. The zero-order valence-electron chi connectivity index (χ0n) is 26.0. The molecule has 2 aliphatic rings. The molecular formula is C36H46O8. The highest BCUT2D eigenvalue weighted by molar-refractivity contribution is 5.86. The van der Waals surface area contributed by atoms with E-state index >= 15 is 0 Å². The van der Waals surface area contributed by atoms with E-state index in [1.807, 2.05) is 24.3 Å². The Morgan fingerprint density at radius 1 is 0.727 bits per heavy atom. The van der Waals surface area contributed by atoms with E-state index in [9.17, 15) is 14.4 Å². The summed E-state index contributed by atoms with van der Waals surface area (Å²) in [7, 11) is 0. The lowest BCUT2D eigenvalue weighted by Gasteiger charge is -2.29. The molecule has 1 saturated heterocycles. The lowest BCUT2D eigenvalue weighted by Crippen LogP contribution is -2.39. The quantitative estimate of drug-likeness (QED) is 0.0908. The maximum absolute atomic E-state index is 12.4. The minimum atomic E-state index is -1.17. The van der Waals surface area contributed by atoms with Crippen LogP contribution in [0.1, 0.15) is 95.0 Å². The first-order valence-corrected chi connectivity index (χ1v) is 16.1. The summed E-state index contributed by atoms with van der Waals surface area (Å²) in [6.07, 6.45) is 8.77. The first kappa shape index (κ1) is 33.4. The van der Waals surface area contributed by atoms with Gasteiger partial charge in [0, 0.05) is 11.6 Å². The van der Waals surface area contributed by atoms with E-state index in [0.29, 0.717) is 18.1 Å². The van der Waals surface area contributed by atoms with Crippen molar-refractivity contribution in [2.45, 2.75) is 96.1 Å². The fraction of sp³-hybridized carbons (Fsp3) is 0.528. The van der Waals surface area contributed by atoms with Crippen molar-refractivity contribution in [2.75, 3.05) is 19.8 Å². The molecule has 0 spiro atoms. The van der Waals surface area contributed by atoms with Gasteiger partial charge in [-0.3, -0.25) is 0 Å². The Hall–Kier alpha value is -3.49. The van der Waals surface area contributed by atoms with E-state index in [2.05, 4.69) is 30.8 Å². The van der Waals surface area contributed by atoms with Crippen molar-refractivity contribution in [3.8, 4) is 11.1 Å². The first-order chi connectivity index (χ1) is 21.4. The van der Waals surface area contributed by atoms with Gasteiger partial charge >= 0.3 is 17.9 Å². The maximum Gasteiger partial charge on any atom is 0.338 e. The third-order valence-corrected chi connectivity index (χ3v) is 8.52. The summed E-state index contributed by atoms with van der Waals surface area (Å²) >= 11 is 0. The fourth-order valence-electron chi connectivity index (χ4n) is 6.09. The number of ether oxygens (including phenoxy) is 5. The average molecular weight is 607 g/mol. The Labute approximate surface area is 261 Å². The smallest absolute Gasteiger partial charge is 0.338 e. The zero-order chi connectivity index (χ0) is 31.3. The van der Waals surface area contributed by atoms with Gasteiger partial charge in [0.15, 0.2) is 18.5 Å². The van der Waals surface area contributed by atoms with Crippen LogP contribution in [0.5, 0.6) is 0 Å². The highest BCUT2D eigenvalue weighted by atomic mass is 16.8. The first-order valence-electron chi connectivity index (χ1n) is 16.1.